The lowest BCUT2D eigenvalue weighted by molar-refractivity contribution is 0.802. The van der Waals surface area contributed by atoms with Gasteiger partial charge in [0, 0.05) is 30.4 Å². The van der Waals surface area contributed by atoms with Gasteiger partial charge in [0.15, 0.2) is 0 Å². The Morgan fingerprint density at radius 1 is 0.523 bits per heavy atom. The maximum atomic E-state index is 3.61. The van der Waals surface area contributed by atoms with Crippen molar-refractivity contribution in [1.29, 1.82) is 0 Å². The van der Waals surface area contributed by atoms with Crippen LogP contribution in [0.25, 0.3) is 24.3 Å². The van der Waals surface area contributed by atoms with Gasteiger partial charge in [-0.15, -0.1) is 34.6 Å². The lowest BCUT2D eigenvalue weighted by Gasteiger charge is -2.17. The van der Waals surface area contributed by atoms with Crippen LogP contribution in [-0.4, -0.2) is 25.6 Å². The smallest absolute Gasteiger partial charge is 0.127 e. The van der Waals surface area contributed by atoms with Crippen LogP contribution in [0.3, 0.4) is 0 Å². The van der Waals surface area contributed by atoms with E-state index >= 15 is 0 Å². The van der Waals surface area contributed by atoms with Crippen LogP contribution in [0.5, 0.6) is 0 Å². The van der Waals surface area contributed by atoms with Crippen LogP contribution in [0.2, 0.25) is 39.3 Å². The number of hydrogen-bond acceptors (Lipinski definition) is 2. The molecule has 0 aliphatic rings. The van der Waals surface area contributed by atoms with Crippen LogP contribution in [0.15, 0.2) is 70.5 Å². The maximum absolute atomic E-state index is 3.61. The third-order valence-corrected chi connectivity index (χ3v) is 9.79. The molecule has 0 saturated carbocycles. The molecule has 0 spiro atoms. The number of benzene rings is 3. The van der Waals surface area contributed by atoms with Crippen LogP contribution in [-0.2, 0) is 0 Å². The summed E-state index contributed by atoms with van der Waals surface area (Å²) in [6.07, 6.45) is 8.86. The second kappa shape index (κ2) is 14.7. The Kier molecular flexibility index (Phi) is 11.9. The minimum absolute atomic E-state index is 0.169. The van der Waals surface area contributed by atoms with Gasteiger partial charge in [-0.05, 0) is 58.7 Å². The zero-order valence-corrected chi connectivity index (χ0v) is 32.5. The Morgan fingerprint density at radius 3 is 1.20 bits per heavy atom. The lowest BCUT2D eigenvalue weighted by Crippen LogP contribution is -2.16. The van der Waals surface area contributed by atoms with Crippen LogP contribution in [0, 0.1) is 22.9 Å². The van der Waals surface area contributed by atoms with Crippen LogP contribution in [0.4, 0.5) is 0 Å². The third-order valence-electron chi connectivity index (χ3n) is 5.84. The summed E-state index contributed by atoms with van der Waals surface area (Å²) in [6, 6.07) is 22.1. The molecule has 0 bridgehead atoms. The van der Waals surface area contributed by atoms with E-state index in [9.17, 15) is 0 Å². The fourth-order valence-corrected chi connectivity index (χ4v) is 7.19. The summed E-state index contributed by atoms with van der Waals surface area (Å²) in [5.74, 6) is 7.17. The average molecular weight is 651 g/mol. The van der Waals surface area contributed by atoms with Gasteiger partial charge in [0.25, 0.3) is 0 Å². The van der Waals surface area contributed by atoms with E-state index in [1.54, 1.807) is 0 Å². The molecular formula is C40H50S2Si2. The molecule has 0 radical (unpaired) electrons. The highest BCUT2D eigenvalue weighted by molar-refractivity contribution is 8.00. The fourth-order valence-electron chi connectivity index (χ4n) is 4.08. The molecule has 0 aliphatic heterocycles. The summed E-state index contributed by atoms with van der Waals surface area (Å²) < 4.78 is 0.337. The zero-order chi connectivity index (χ0) is 32.8. The van der Waals surface area contributed by atoms with Crippen molar-refractivity contribution in [3.05, 3.63) is 94.0 Å². The van der Waals surface area contributed by atoms with E-state index in [0.29, 0.717) is 0 Å². The van der Waals surface area contributed by atoms with Crippen molar-refractivity contribution in [3.63, 3.8) is 0 Å². The van der Waals surface area contributed by atoms with Crippen molar-refractivity contribution in [3.8, 4) is 22.9 Å². The minimum atomic E-state index is -1.58. The first kappa shape index (κ1) is 35.9. The van der Waals surface area contributed by atoms with Crippen molar-refractivity contribution in [2.45, 2.75) is 100 Å². The molecule has 0 unspecified atom stereocenters. The summed E-state index contributed by atoms with van der Waals surface area (Å²) in [7, 11) is -3.16. The molecule has 0 fully saturated rings. The average Bonchev–Trinajstić information content (AvgIpc) is 2.86. The second-order valence-electron chi connectivity index (χ2n) is 15.3. The number of rotatable bonds is 6. The highest BCUT2D eigenvalue weighted by atomic mass is 32.2. The first-order valence-corrected chi connectivity index (χ1v) is 24.1. The summed E-state index contributed by atoms with van der Waals surface area (Å²) >= 11 is 3.79. The molecule has 0 atom stereocenters. The molecule has 0 heterocycles. The SMILES string of the molecule is CC(C)(C)Sc1cccc(/C=C/c2cc(C#C[Si](C)(C)C)c(/C=C/c3cccc(SC(C)(C)C)c3)cc2C#C[Si](C)(C)C)c1. The lowest BCUT2D eigenvalue weighted by atomic mass is 9.97. The Morgan fingerprint density at radius 2 is 0.886 bits per heavy atom. The first-order chi connectivity index (χ1) is 20.2. The highest BCUT2D eigenvalue weighted by Crippen LogP contribution is 2.33. The Hall–Kier alpha value is -2.61. The molecule has 3 rings (SSSR count). The quantitative estimate of drug-likeness (QED) is 0.113. The van der Waals surface area contributed by atoms with E-state index in [2.05, 4.69) is 189 Å². The van der Waals surface area contributed by atoms with Crippen LogP contribution < -0.4 is 0 Å². The molecule has 0 nitrogen and oxygen atoms in total. The van der Waals surface area contributed by atoms with Gasteiger partial charge in [0.1, 0.15) is 16.1 Å². The summed E-state index contributed by atoms with van der Waals surface area (Å²) in [5.41, 5.74) is 13.9. The number of hydrogen-bond donors (Lipinski definition) is 0. The molecule has 0 N–H and O–H groups in total. The standard InChI is InChI=1S/C40H50S2Si2/c1-39(2,3)41-37-17-13-15-31(27-37)19-21-33-29-36(24-26-44(10,11)12)34(30-35(33)23-25-43(7,8)9)22-20-32-16-14-18-38(28-32)42-40(4,5)6/h13-22,27-30H,1-12H3/b21-19+,22-20+. The van der Waals surface area contributed by atoms with Gasteiger partial charge in [-0.25, -0.2) is 0 Å². The molecule has 230 valence electrons. The van der Waals surface area contributed by atoms with Gasteiger partial charge in [-0.3, -0.25) is 0 Å². The predicted molar refractivity (Wildman–Crippen MR) is 209 cm³/mol. The Bertz CT molecular complexity index is 1520. The molecule has 0 amide bonds. The third kappa shape index (κ3) is 13.6. The minimum Gasteiger partial charge on any atom is -0.127 e. The Labute approximate surface area is 279 Å². The molecule has 0 aromatic heterocycles. The summed E-state index contributed by atoms with van der Waals surface area (Å²) in [4.78, 5) is 2.57. The van der Waals surface area contributed by atoms with E-state index in [0.717, 1.165) is 22.3 Å². The molecule has 3 aromatic rings. The van der Waals surface area contributed by atoms with Crippen molar-refractivity contribution in [1.82, 2.24) is 0 Å². The molecule has 0 aliphatic carbocycles. The topological polar surface area (TPSA) is 0 Å². The van der Waals surface area contributed by atoms with E-state index < -0.39 is 16.1 Å². The molecule has 3 aromatic carbocycles. The van der Waals surface area contributed by atoms with Crippen molar-refractivity contribution < 1.29 is 0 Å². The number of thioether (sulfide) groups is 2. The monoisotopic (exact) mass is 650 g/mol. The fraction of sp³-hybridized carbons (Fsp3) is 0.350. The second-order valence-corrected chi connectivity index (χ2v) is 28.6. The van der Waals surface area contributed by atoms with Crippen molar-refractivity contribution in [2.75, 3.05) is 0 Å². The summed E-state index contributed by atoms with van der Waals surface area (Å²) in [5, 5.41) is 0. The maximum Gasteiger partial charge on any atom is 0.129 e. The van der Waals surface area contributed by atoms with E-state index in [1.165, 1.54) is 20.9 Å². The molecule has 4 heteroatoms. The van der Waals surface area contributed by atoms with Gasteiger partial charge in [0.05, 0.1) is 0 Å². The van der Waals surface area contributed by atoms with Crippen molar-refractivity contribution >= 4 is 64.0 Å². The normalized spacial score (nSPS) is 12.6. The molecular weight excluding hydrogens is 601 g/mol. The van der Waals surface area contributed by atoms with E-state index in [-0.39, 0.29) is 9.49 Å². The summed E-state index contributed by atoms with van der Waals surface area (Å²) in [6.45, 7) is 27.3. The van der Waals surface area contributed by atoms with Crippen molar-refractivity contribution in [2.24, 2.45) is 0 Å². The van der Waals surface area contributed by atoms with Gasteiger partial charge < -0.3 is 0 Å². The van der Waals surface area contributed by atoms with Gasteiger partial charge >= 0.3 is 0 Å². The van der Waals surface area contributed by atoms with E-state index in [4.69, 9.17) is 0 Å². The zero-order valence-electron chi connectivity index (χ0n) is 28.9. The first-order valence-electron chi connectivity index (χ1n) is 15.4. The van der Waals surface area contributed by atoms with Gasteiger partial charge in [-0.2, -0.15) is 0 Å². The van der Waals surface area contributed by atoms with Crippen LogP contribution in [0.1, 0.15) is 74.9 Å². The Balaban J connectivity index is 2.14. The van der Waals surface area contributed by atoms with Gasteiger partial charge in [0.2, 0.25) is 0 Å². The van der Waals surface area contributed by atoms with E-state index in [1.807, 2.05) is 23.5 Å². The highest BCUT2D eigenvalue weighted by Gasteiger charge is 2.14. The largest absolute Gasteiger partial charge is 0.129 e. The molecule has 0 saturated heterocycles. The van der Waals surface area contributed by atoms with Gasteiger partial charge in [-0.1, -0.05) is 141 Å². The molecule has 44 heavy (non-hydrogen) atoms. The predicted octanol–water partition coefficient (Wildman–Crippen LogP) is 12.3. The van der Waals surface area contributed by atoms with Crippen LogP contribution >= 0.6 is 23.5 Å².